The van der Waals surface area contributed by atoms with Crippen molar-refractivity contribution in [3.05, 3.63) is 79.5 Å². The SMILES string of the molecule is CO[C@H]1/C=C/O[C@@]2(C)Oc3c(C)c(O)c4c(=O)c(c5oc6cc(OCC[N+]7(C(C)(C)C)CCOCC7)cc(=O)c6nc5c4c3=C2O)NC(=O)/C(C)=C\C=C\[C@H](C)[C@H](O)[C@@H](C)[C@@H](C)[C@@H](C)[C@H](OC(C)=O)[C@@H]1C. The quantitative estimate of drug-likeness (QED) is 0.0671. The smallest absolute Gasteiger partial charge is 0.307 e. The zero-order valence-electron chi connectivity index (χ0n) is 43.1. The van der Waals surface area contributed by atoms with Crippen molar-refractivity contribution in [2.75, 3.05) is 51.9 Å². The molecule has 4 heterocycles. The molecule has 0 unspecified atom stereocenters. The van der Waals surface area contributed by atoms with Gasteiger partial charge in [0.05, 0.1) is 47.8 Å². The van der Waals surface area contributed by atoms with Crippen molar-refractivity contribution < 1.29 is 62.2 Å². The summed E-state index contributed by atoms with van der Waals surface area (Å²) in [6, 6.07) is 2.80. The summed E-state index contributed by atoms with van der Waals surface area (Å²) in [5.74, 6) is -5.56. The number of methoxy groups -OCH3 is 1. The Morgan fingerprint density at radius 2 is 1.65 bits per heavy atom. The predicted octanol–water partition coefficient (Wildman–Crippen LogP) is 6.86. The normalized spacial score (nSPS) is 29.3. The lowest BCUT2D eigenvalue weighted by Gasteiger charge is -2.50. The number of carbonyl (C=O) groups is 2. The van der Waals surface area contributed by atoms with E-state index >= 15 is 0 Å². The number of anilines is 1. The molecule has 71 heavy (non-hydrogen) atoms. The maximum absolute atomic E-state index is 14.9. The summed E-state index contributed by atoms with van der Waals surface area (Å²) in [6.07, 6.45) is 5.64. The number of phenols is 1. The van der Waals surface area contributed by atoms with E-state index in [1.165, 1.54) is 46.3 Å². The Balaban J connectivity index is 1.43. The Morgan fingerprint density at radius 1 is 0.958 bits per heavy atom. The number of fused-ring (bicyclic) bond motifs is 2. The Labute approximate surface area is 413 Å². The van der Waals surface area contributed by atoms with E-state index in [-0.39, 0.29) is 102 Å². The van der Waals surface area contributed by atoms with Gasteiger partial charge in [-0.25, -0.2) is 4.98 Å². The predicted molar refractivity (Wildman–Crippen MR) is 269 cm³/mol. The minimum absolute atomic E-state index is 0.0409. The average Bonchev–Trinajstić information content (AvgIpc) is 3.59. The van der Waals surface area contributed by atoms with E-state index < -0.39 is 64.3 Å². The van der Waals surface area contributed by atoms with E-state index in [4.69, 9.17) is 37.8 Å². The van der Waals surface area contributed by atoms with Crippen molar-refractivity contribution >= 4 is 56.3 Å². The standard InChI is InChI=1S/C54H69N3O14/c1-27-15-14-16-28(2)52(64)56-44-47(62)40-39(43-50(44)70-38-26-35(25-36(59)42(38)55-43)67-24-20-57(53(9,10)11)18-22-66-23-19-57)41-49(33(7)46(40)61)71-54(12,51(41)63)68-21-17-37(65-13)32(6)48(69-34(8)58)31(5)29(3)30(4)45(27)60/h14-17,21,25-27,29-32,37,45,48,60H,18-20,22-24H2,1-13H3,(H2-,55,56,59,61,62,63,64)/p+1/b15-14+,21-17+,28-16-/t27-,29+,30-,31+,32+,37-,45-,48-,54-/m0/s1. The Morgan fingerprint density at radius 3 is 2.30 bits per heavy atom. The van der Waals surface area contributed by atoms with Gasteiger partial charge >= 0.3 is 11.8 Å². The number of morpholine rings is 1. The number of nitrogens with one attached hydrogen (secondary N) is 1. The van der Waals surface area contributed by atoms with Gasteiger partial charge in [-0.05, 0) is 58.4 Å². The number of quaternary nitrogens is 1. The third-order valence-corrected chi connectivity index (χ3v) is 15.5. The molecular formula is C54H70N3O14+. The number of aromatic hydroxyl groups is 1. The summed E-state index contributed by atoms with van der Waals surface area (Å²) in [6.45, 7) is 25.8. The molecule has 1 saturated heterocycles. The highest BCUT2D eigenvalue weighted by atomic mass is 16.7. The largest absolute Gasteiger partial charge is 0.507 e. The number of rotatable bonds is 6. The van der Waals surface area contributed by atoms with Crippen LogP contribution in [-0.4, -0.2) is 113 Å². The molecule has 0 saturated carbocycles. The van der Waals surface area contributed by atoms with Crippen LogP contribution in [0.4, 0.5) is 5.69 Å². The number of allylic oxidation sites excluding steroid dienone is 2. The first-order valence-corrected chi connectivity index (χ1v) is 24.4. The number of aromatic nitrogens is 1. The number of phenolic OH excluding ortho intramolecular Hbond substituents is 1. The van der Waals surface area contributed by atoms with Gasteiger partial charge in [0.25, 0.3) is 5.91 Å². The molecule has 4 N–H and O–H groups in total. The minimum Gasteiger partial charge on any atom is -0.507 e. The maximum atomic E-state index is 14.9. The highest BCUT2D eigenvalue weighted by Gasteiger charge is 2.45. The summed E-state index contributed by atoms with van der Waals surface area (Å²) in [7, 11) is 1.50. The summed E-state index contributed by atoms with van der Waals surface area (Å²) in [4.78, 5) is 60.4. The second-order valence-electron chi connectivity index (χ2n) is 20.8. The molecular weight excluding hydrogens is 915 g/mol. The number of aliphatic hydroxyl groups excluding tert-OH is 2. The second kappa shape index (κ2) is 20.2. The lowest BCUT2D eigenvalue weighted by molar-refractivity contribution is -0.976. The molecule has 7 rings (SSSR count). The highest BCUT2D eigenvalue weighted by molar-refractivity contribution is 6.16. The van der Waals surface area contributed by atoms with Gasteiger partial charge < -0.3 is 58.0 Å². The molecule has 1 amide bonds. The van der Waals surface area contributed by atoms with Crippen LogP contribution >= 0.6 is 0 Å². The van der Waals surface area contributed by atoms with Gasteiger partial charge in [0.2, 0.25) is 10.9 Å². The van der Waals surface area contributed by atoms with Crippen LogP contribution in [0.3, 0.4) is 0 Å². The van der Waals surface area contributed by atoms with Crippen molar-refractivity contribution in [1.29, 1.82) is 0 Å². The Hall–Kier alpha value is -6.01. The van der Waals surface area contributed by atoms with Crippen molar-refractivity contribution in [3.8, 4) is 17.2 Å². The molecule has 9 atom stereocenters. The number of esters is 1. The zero-order chi connectivity index (χ0) is 52.1. The molecule has 3 aromatic carbocycles. The third-order valence-electron chi connectivity index (χ3n) is 15.5. The van der Waals surface area contributed by atoms with Crippen LogP contribution in [0.15, 0.2) is 62.3 Å². The molecule has 17 nitrogen and oxygen atoms in total. The molecule has 4 aromatic rings. The summed E-state index contributed by atoms with van der Waals surface area (Å²) >= 11 is 0. The van der Waals surface area contributed by atoms with E-state index in [1.54, 1.807) is 31.2 Å². The molecule has 4 bridgehead atoms. The maximum Gasteiger partial charge on any atom is 0.307 e. The average molecular weight is 985 g/mol. The number of amides is 1. The lowest BCUT2D eigenvalue weighted by Crippen LogP contribution is -2.66. The van der Waals surface area contributed by atoms with Gasteiger partial charge in [0.15, 0.2) is 22.4 Å². The fourth-order valence-corrected chi connectivity index (χ4v) is 10.4. The molecule has 0 radical (unpaired) electrons. The molecule has 0 aliphatic carbocycles. The van der Waals surface area contributed by atoms with E-state index in [9.17, 15) is 34.5 Å². The minimum atomic E-state index is -1.96. The molecule has 3 aliphatic heterocycles. The van der Waals surface area contributed by atoms with Crippen LogP contribution in [0.25, 0.3) is 38.7 Å². The van der Waals surface area contributed by atoms with Gasteiger partial charge in [-0.15, -0.1) is 0 Å². The first kappa shape index (κ1) is 52.8. The summed E-state index contributed by atoms with van der Waals surface area (Å²) in [5.41, 5.74) is -2.32. The third kappa shape index (κ3) is 9.85. The fourth-order valence-electron chi connectivity index (χ4n) is 10.4. The van der Waals surface area contributed by atoms with Gasteiger partial charge in [-0.1, -0.05) is 52.8 Å². The molecule has 384 valence electrons. The molecule has 1 aromatic heterocycles. The van der Waals surface area contributed by atoms with E-state index in [0.717, 1.165) is 17.6 Å². The van der Waals surface area contributed by atoms with Crippen LogP contribution < -0.4 is 30.9 Å². The first-order chi connectivity index (χ1) is 33.4. The second-order valence-corrected chi connectivity index (χ2v) is 20.8. The molecule has 0 spiro atoms. The number of hydrogen-bond acceptors (Lipinski definition) is 15. The highest BCUT2D eigenvalue weighted by Crippen LogP contribution is 2.43. The summed E-state index contributed by atoms with van der Waals surface area (Å²) < 4.78 is 43.5. The number of ether oxygens (including phenoxy) is 6. The van der Waals surface area contributed by atoms with E-state index in [0.29, 0.717) is 19.8 Å². The first-order valence-electron chi connectivity index (χ1n) is 24.4. The molecule has 1 fully saturated rings. The van der Waals surface area contributed by atoms with Gasteiger partial charge in [0, 0.05) is 61.4 Å². The fraction of sp³-hybridized carbons (Fsp3) is 0.537. The van der Waals surface area contributed by atoms with Crippen LogP contribution in [0.2, 0.25) is 0 Å². The number of hydrogen-bond donors (Lipinski definition) is 4. The summed E-state index contributed by atoms with van der Waals surface area (Å²) in [5, 5.41) is 38.0. The van der Waals surface area contributed by atoms with Crippen LogP contribution in [-0.2, 0) is 28.5 Å². The van der Waals surface area contributed by atoms with Crippen molar-refractivity contribution in [2.24, 2.45) is 29.6 Å². The zero-order valence-corrected chi connectivity index (χ0v) is 43.1. The van der Waals surface area contributed by atoms with E-state index in [1.807, 2.05) is 34.6 Å². The Bertz CT molecular complexity index is 3000. The number of aliphatic hydroxyl groups is 2. The topological polar surface area (TPSA) is 222 Å². The molecule has 3 aliphatic rings. The lowest BCUT2D eigenvalue weighted by atomic mass is 9.73. The van der Waals surface area contributed by atoms with Crippen molar-refractivity contribution in [2.45, 2.75) is 113 Å². The number of carbonyl (C=O) groups excluding carboxylic acids is 2. The molecule has 17 heteroatoms. The monoisotopic (exact) mass is 984 g/mol. The van der Waals surface area contributed by atoms with Gasteiger partial charge in [-0.3, -0.25) is 19.2 Å². The van der Waals surface area contributed by atoms with Gasteiger partial charge in [0.1, 0.15) is 60.8 Å². The van der Waals surface area contributed by atoms with Crippen LogP contribution in [0.1, 0.15) is 81.7 Å². The number of nitrogens with zero attached hydrogens (tertiary/aromatic N) is 2. The van der Waals surface area contributed by atoms with Gasteiger partial charge in [-0.2, -0.15) is 0 Å². The van der Waals surface area contributed by atoms with Crippen LogP contribution in [0, 0.1) is 36.5 Å². The van der Waals surface area contributed by atoms with Crippen LogP contribution in [0.5, 0.6) is 17.2 Å². The van der Waals surface area contributed by atoms with Crippen molar-refractivity contribution in [1.82, 2.24) is 4.98 Å². The van der Waals surface area contributed by atoms with E-state index in [2.05, 4.69) is 26.1 Å². The Kier molecular flexibility index (Phi) is 15.1. The van der Waals surface area contributed by atoms with Crippen molar-refractivity contribution in [3.63, 3.8) is 0 Å². The number of benzene rings is 3.